The second-order valence-corrected chi connectivity index (χ2v) is 8.69. The van der Waals surface area contributed by atoms with Crippen LogP contribution in [0.5, 0.6) is 0 Å². The smallest absolute Gasteiger partial charge is 0.163 e. The summed E-state index contributed by atoms with van der Waals surface area (Å²) in [6, 6.07) is 7.78. The van der Waals surface area contributed by atoms with Crippen LogP contribution in [0.25, 0.3) is 0 Å². The fourth-order valence-corrected chi connectivity index (χ4v) is 5.68. The maximum atomic E-state index is 12.1. The summed E-state index contributed by atoms with van der Waals surface area (Å²) in [5.41, 5.74) is 0.751. The Hall–Kier alpha value is -1.98. The van der Waals surface area contributed by atoms with Crippen LogP contribution >= 0.6 is 7.26 Å². The predicted molar refractivity (Wildman–Crippen MR) is 101 cm³/mol. The van der Waals surface area contributed by atoms with Gasteiger partial charge in [0.25, 0.3) is 0 Å². The summed E-state index contributed by atoms with van der Waals surface area (Å²) in [4.78, 5) is 12.1. The minimum Gasteiger partial charge on any atom is -0.294 e. The maximum absolute atomic E-state index is 12.1. The quantitative estimate of drug-likeness (QED) is 0.369. The van der Waals surface area contributed by atoms with E-state index in [9.17, 15) is 4.79 Å². The fraction of sp³-hybridized carbons (Fsp3) is 0.150. The Morgan fingerprint density at radius 2 is 1.86 bits per heavy atom. The van der Waals surface area contributed by atoms with Crippen LogP contribution in [0.1, 0.15) is 24.2 Å². The lowest BCUT2D eigenvalue weighted by Gasteiger charge is -2.25. The number of carbonyl (C=O) groups excluding carboxylic acids is 1. The summed E-state index contributed by atoms with van der Waals surface area (Å²) >= 11 is 0. The highest BCUT2D eigenvalue weighted by Gasteiger charge is 2.43. The number of Topliss-reactive ketones (excluding diaryl/α,β-unsaturated/α-hetero) is 1. The Balaban J connectivity index is 3.78. The number of allylic oxidation sites excluding steroid dienone is 7. The molecule has 114 valence electrons. The molecular formula is C20H24OP+. The molecule has 1 nitrogen and oxygen atoms in total. The van der Waals surface area contributed by atoms with E-state index in [0.717, 1.165) is 21.5 Å². The maximum Gasteiger partial charge on any atom is 0.163 e. The number of hydrogen-bond acceptors (Lipinski definition) is 1. The van der Waals surface area contributed by atoms with Crippen molar-refractivity contribution >= 4 is 18.4 Å². The molecule has 0 fully saturated rings. The van der Waals surface area contributed by atoms with Crippen molar-refractivity contribution in [1.82, 2.24) is 0 Å². The normalized spacial score (nSPS) is 14.4. The number of benzene rings is 1. The van der Waals surface area contributed by atoms with Gasteiger partial charge in [-0.2, -0.15) is 0 Å². The summed E-state index contributed by atoms with van der Waals surface area (Å²) < 4.78 is 0. The van der Waals surface area contributed by atoms with Crippen molar-refractivity contribution in [3.05, 3.63) is 90.6 Å². The SMILES string of the molecule is C=C/C=C(\C=C/C)[P+](C)(C(=C)C=C)c1ccccc1C(C)=O. The third kappa shape index (κ3) is 3.43. The summed E-state index contributed by atoms with van der Waals surface area (Å²) in [5.74, 6) is 0.0668. The number of hydrogen-bond donors (Lipinski definition) is 0. The van der Waals surface area contributed by atoms with Crippen molar-refractivity contribution in [2.24, 2.45) is 0 Å². The van der Waals surface area contributed by atoms with Crippen molar-refractivity contribution in [1.29, 1.82) is 0 Å². The Labute approximate surface area is 134 Å². The Morgan fingerprint density at radius 1 is 1.23 bits per heavy atom. The lowest BCUT2D eigenvalue weighted by atomic mass is 10.1. The van der Waals surface area contributed by atoms with Gasteiger partial charge in [0, 0.05) is 0 Å². The average Bonchev–Trinajstić information content (AvgIpc) is 2.53. The first-order valence-corrected chi connectivity index (χ1v) is 9.42. The van der Waals surface area contributed by atoms with Crippen LogP contribution in [0, 0.1) is 0 Å². The van der Waals surface area contributed by atoms with Gasteiger partial charge in [-0.05, 0) is 44.2 Å². The summed E-state index contributed by atoms with van der Waals surface area (Å²) in [6.07, 6.45) is 9.65. The van der Waals surface area contributed by atoms with Crippen molar-refractivity contribution in [2.45, 2.75) is 13.8 Å². The van der Waals surface area contributed by atoms with E-state index in [1.807, 2.05) is 43.3 Å². The highest BCUT2D eigenvalue weighted by molar-refractivity contribution is 7.90. The van der Waals surface area contributed by atoms with Crippen LogP contribution in [0.3, 0.4) is 0 Å². The molecule has 1 aromatic carbocycles. The summed E-state index contributed by atoms with van der Waals surface area (Å²) in [6.45, 7) is 17.7. The van der Waals surface area contributed by atoms with Gasteiger partial charge in [0.1, 0.15) is 17.9 Å². The molecule has 0 aliphatic heterocycles. The van der Waals surface area contributed by atoms with Crippen molar-refractivity contribution in [3.8, 4) is 0 Å². The van der Waals surface area contributed by atoms with Crippen LogP contribution < -0.4 is 5.30 Å². The van der Waals surface area contributed by atoms with E-state index in [1.54, 1.807) is 19.1 Å². The van der Waals surface area contributed by atoms with Crippen molar-refractivity contribution in [3.63, 3.8) is 0 Å². The van der Waals surface area contributed by atoms with Crippen molar-refractivity contribution in [2.75, 3.05) is 6.66 Å². The summed E-state index contributed by atoms with van der Waals surface area (Å²) in [7, 11) is -1.98. The Kier molecular flexibility index (Phi) is 6.46. The van der Waals surface area contributed by atoms with Gasteiger partial charge in [-0.3, -0.25) is 4.79 Å². The number of carbonyl (C=O) groups is 1. The molecule has 0 N–H and O–H groups in total. The van der Waals surface area contributed by atoms with E-state index in [-0.39, 0.29) is 5.78 Å². The third-order valence-corrected chi connectivity index (χ3v) is 7.73. The van der Waals surface area contributed by atoms with E-state index in [4.69, 9.17) is 0 Å². The van der Waals surface area contributed by atoms with E-state index >= 15 is 0 Å². The van der Waals surface area contributed by atoms with E-state index in [2.05, 4.69) is 32.5 Å². The molecule has 1 unspecified atom stereocenters. The Morgan fingerprint density at radius 3 is 2.36 bits per heavy atom. The van der Waals surface area contributed by atoms with Gasteiger partial charge in [0.05, 0.1) is 17.5 Å². The first-order chi connectivity index (χ1) is 10.4. The highest BCUT2D eigenvalue weighted by atomic mass is 31.2. The largest absolute Gasteiger partial charge is 0.294 e. The molecule has 0 radical (unpaired) electrons. The van der Waals surface area contributed by atoms with E-state index in [0.29, 0.717) is 0 Å². The molecule has 0 bridgehead atoms. The molecule has 0 aliphatic carbocycles. The van der Waals surface area contributed by atoms with Crippen LogP contribution in [-0.4, -0.2) is 12.4 Å². The van der Waals surface area contributed by atoms with Gasteiger partial charge in [-0.25, -0.2) is 0 Å². The Bertz CT molecular complexity index is 664. The van der Waals surface area contributed by atoms with E-state index < -0.39 is 7.26 Å². The second kappa shape index (κ2) is 7.87. The van der Waals surface area contributed by atoms with E-state index in [1.165, 1.54) is 0 Å². The van der Waals surface area contributed by atoms with Crippen LogP contribution in [-0.2, 0) is 0 Å². The minimum absolute atomic E-state index is 0.0668. The van der Waals surface area contributed by atoms with Gasteiger partial charge in [0.2, 0.25) is 0 Å². The minimum atomic E-state index is -1.98. The molecule has 0 aromatic heterocycles. The molecule has 22 heavy (non-hydrogen) atoms. The molecule has 0 heterocycles. The predicted octanol–water partition coefficient (Wildman–Crippen LogP) is 5.51. The highest BCUT2D eigenvalue weighted by Crippen LogP contribution is 2.68. The molecule has 0 saturated heterocycles. The monoisotopic (exact) mass is 311 g/mol. The summed E-state index contributed by atoms with van der Waals surface area (Å²) in [5, 5.41) is 3.12. The molecule has 0 amide bonds. The zero-order valence-electron chi connectivity index (χ0n) is 13.7. The molecule has 1 aromatic rings. The standard InChI is InChI=1S/C20H24OP/c1-7-12-18(13-8-2)22(6,16(4)9-3)20-15-11-10-14-19(20)17(5)21/h7-15H,1,3-4H2,2,5-6H3/q+1/b13-8-,18-12+. The van der Waals surface area contributed by atoms with Gasteiger partial charge in [-0.1, -0.05) is 44.0 Å². The second-order valence-electron chi connectivity index (χ2n) is 5.10. The fourth-order valence-electron chi connectivity index (χ4n) is 2.45. The van der Waals surface area contributed by atoms with Crippen LogP contribution in [0.2, 0.25) is 0 Å². The lowest BCUT2D eigenvalue weighted by molar-refractivity contribution is 0.101. The van der Waals surface area contributed by atoms with Gasteiger partial charge < -0.3 is 0 Å². The molecule has 0 saturated carbocycles. The third-order valence-electron chi connectivity index (χ3n) is 3.72. The average molecular weight is 311 g/mol. The molecule has 1 rings (SSSR count). The molecule has 2 heteroatoms. The number of ketones is 1. The zero-order chi connectivity index (χ0) is 16.8. The zero-order valence-corrected chi connectivity index (χ0v) is 14.6. The molecule has 1 atom stereocenters. The first kappa shape index (κ1) is 18.1. The van der Waals surface area contributed by atoms with Gasteiger partial charge in [-0.15, -0.1) is 0 Å². The molecular weight excluding hydrogens is 287 g/mol. The van der Waals surface area contributed by atoms with Crippen LogP contribution in [0.15, 0.2) is 85.0 Å². The number of rotatable bonds is 7. The van der Waals surface area contributed by atoms with Crippen LogP contribution in [0.4, 0.5) is 0 Å². The van der Waals surface area contributed by atoms with Gasteiger partial charge >= 0.3 is 0 Å². The van der Waals surface area contributed by atoms with Crippen molar-refractivity contribution < 1.29 is 4.79 Å². The van der Waals surface area contributed by atoms with Gasteiger partial charge in [0.15, 0.2) is 5.78 Å². The first-order valence-electron chi connectivity index (χ1n) is 7.18. The lowest BCUT2D eigenvalue weighted by Crippen LogP contribution is -2.19. The topological polar surface area (TPSA) is 17.1 Å². The molecule has 0 spiro atoms. The molecule has 0 aliphatic rings.